The minimum absolute atomic E-state index is 0.0124. The zero-order valence-electron chi connectivity index (χ0n) is 16.7. The minimum atomic E-state index is -0.577. The van der Waals surface area contributed by atoms with Crippen LogP contribution in [0.25, 0.3) is 16.5 Å². The number of fused-ring (bicyclic) bond motifs is 1. The number of rotatable bonds is 5. The van der Waals surface area contributed by atoms with Gasteiger partial charge in [-0.1, -0.05) is 24.3 Å². The fraction of sp³-hybridized carbons (Fsp3) is 0.227. The Balaban J connectivity index is 1.62. The van der Waals surface area contributed by atoms with Gasteiger partial charge in [0.05, 0.1) is 25.2 Å². The van der Waals surface area contributed by atoms with Gasteiger partial charge in [-0.05, 0) is 18.1 Å². The molecule has 30 heavy (non-hydrogen) atoms. The Morgan fingerprint density at radius 2 is 1.90 bits per heavy atom. The largest absolute Gasteiger partial charge is 0.493 e. The monoisotopic (exact) mass is 407 g/mol. The van der Waals surface area contributed by atoms with E-state index in [2.05, 4.69) is 11.1 Å². The molecule has 154 valence electrons. The predicted molar refractivity (Wildman–Crippen MR) is 113 cm³/mol. The van der Waals surface area contributed by atoms with Crippen LogP contribution in [0.3, 0.4) is 0 Å². The smallest absolute Gasteiger partial charge is 0.286 e. The fourth-order valence-electron chi connectivity index (χ4n) is 3.80. The molecule has 0 aliphatic carbocycles. The Bertz CT molecular complexity index is 1160. The Hall–Kier alpha value is -3.81. The number of para-hydroxylation sites is 1. The van der Waals surface area contributed by atoms with Gasteiger partial charge in [0, 0.05) is 41.8 Å². The number of carbonyl (C=O) groups excluding carboxylic acids is 1. The number of nitro groups is 1. The zero-order chi connectivity index (χ0) is 21.3. The van der Waals surface area contributed by atoms with Crippen molar-refractivity contribution in [1.82, 2.24) is 9.88 Å². The van der Waals surface area contributed by atoms with Crippen molar-refractivity contribution >= 4 is 28.1 Å². The number of carbonyl (C=O) groups is 1. The summed E-state index contributed by atoms with van der Waals surface area (Å²) in [5.41, 5.74) is 3.02. The van der Waals surface area contributed by atoms with E-state index in [0.29, 0.717) is 19.5 Å². The molecule has 3 aromatic rings. The number of aromatic nitrogens is 1. The van der Waals surface area contributed by atoms with E-state index >= 15 is 0 Å². The number of nitro benzene ring substituents is 1. The number of methoxy groups -OCH3 is 2. The summed E-state index contributed by atoms with van der Waals surface area (Å²) in [6.07, 6.45) is 4.64. The van der Waals surface area contributed by atoms with Crippen LogP contribution in [0.5, 0.6) is 11.5 Å². The van der Waals surface area contributed by atoms with Crippen LogP contribution in [-0.2, 0) is 0 Å². The molecule has 0 atom stereocenters. The van der Waals surface area contributed by atoms with Gasteiger partial charge >= 0.3 is 0 Å². The van der Waals surface area contributed by atoms with E-state index in [-0.39, 0.29) is 22.7 Å². The lowest BCUT2D eigenvalue weighted by Gasteiger charge is -2.26. The van der Waals surface area contributed by atoms with Crippen LogP contribution in [-0.4, -0.2) is 48.0 Å². The average Bonchev–Trinajstić information content (AvgIpc) is 3.22. The van der Waals surface area contributed by atoms with Crippen LogP contribution in [0.2, 0.25) is 0 Å². The van der Waals surface area contributed by atoms with Crippen molar-refractivity contribution in [2.24, 2.45) is 0 Å². The van der Waals surface area contributed by atoms with Crippen LogP contribution >= 0.6 is 0 Å². The molecule has 8 heteroatoms. The Labute approximate surface area is 172 Å². The molecule has 0 saturated carbocycles. The Kier molecular flexibility index (Phi) is 5.14. The van der Waals surface area contributed by atoms with Crippen molar-refractivity contribution in [3.05, 3.63) is 69.9 Å². The maximum atomic E-state index is 13.1. The highest BCUT2D eigenvalue weighted by Crippen LogP contribution is 2.36. The summed E-state index contributed by atoms with van der Waals surface area (Å²) < 4.78 is 10.4. The third-order valence-electron chi connectivity index (χ3n) is 5.36. The van der Waals surface area contributed by atoms with E-state index in [1.54, 1.807) is 4.90 Å². The number of ether oxygens (including phenoxy) is 2. The van der Waals surface area contributed by atoms with Gasteiger partial charge in [-0.2, -0.15) is 0 Å². The summed E-state index contributed by atoms with van der Waals surface area (Å²) in [6.45, 7) is 0.842. The van der Waals surface area contributed by atoms with Gasteiger partial charge in [0.2, 0.25) is 0 Å². The van der Waals surface area contributed by atoms with Crippen LogP contribution < -0.4 is 9.47 Å². The third kappa shape index (κ3) is 3.36. The van der Waals surface area contributed by atoms with Crippen molar-refractivity contribution in [2.45, 2.75) is 6.42 Å². The van der Waals surface area contributed by atoms with Crippen molar-refractivity contribution in [1.29, 1.82) is 0 Å². The van der Waals surface area contributed by atoms with Crippen molar-refractivity contribution < 1.29 is 19.2 Å². The molecule has 4 rings (SSSR count). The molecule has 1 aromatic heterocycles. The molecule has 0 saturated heterocycles. The zero-order valence-corrected chi connectivity index (χ0v) is 16.7. The third-order valence-corrected chi connectivity index (χ3v) is 5.36. The van der Waals surface area contributed by atoms with Gasteiger partial charge < -0.3 is 19.4 Å². The van der Waals surface area contributed by atoms with E-state index < -0.39 is 10.8 Å². The van der Waals surface area contributed by atoms with Crippen molar-refractivity contribution in [3.63, 3.8) is 0 Å². The highest BCUT2D eigenvalue weighted by molar-refractivity contribution is 6.00. The number of aromatic amines is 1. The number of hydrogen-bond donors (Lipinski definition) is 1. The summed E-state index contributed by atoms with van der Waals surface area (Å²) in [5.74, 6) is 0.0799. The maximum absolute atomic E-state index is 13.1. The molecule has 8 nitrogen and oxygen atoms in total. The lowest BCUT2D eigenvalue weighted by Crippen LogP contribution is -2.35. The first-order valence-corrected chi connectivity index (χ1v) is 9.48. The molecule has 2 aromatic carbocycles. The van der Waals surface area contributed by atoms with Crippen molar-refractivity contribution in [3.8, 4) is 11.5 Å². The average molecular weight is 407 g/mol. The molecular formula is C22H21N3O5. The summed E-state index contributed by atoms with van der Waals surface area (Å²) in [4.78, 5) is 28.9. The first-order chi connectivity index (χ1) is 14.5. The number of benzene rings is 2. The number of nitrogens with one attached hydrogen (secondary N) is 1. The Morgan fingerprint density at radius 3 is 2.57 bits per heavy atom. The second-order valence-corrected chi connectivity index (χ2v) is 6.96. The highest BCUT2D eigenvalue weighted by atomic mass is 16.6. The first kappa shape index (κ1) is 19.5. The molecule has 1 aliphatic rings. The quantitative estimate of drug-likeness (QED) is 0.509. The molecule has 0 fully saturated rings. The van der Waals surface area contributed by atoms with Gasteiger partial charge in [0.25, 0.3) is 11.6 Å². The van der Waals surface area contributed by atoms with E-state index in [1.165, 1.54) is 26.4 Å². The number of H-pyrrole nitrogens is 1. The second kappa shape index (κ2) is 7.90. The molecule has 0 spiro atoms. The standard InChI is InChI=1S/C22H21N3O5/c1-29-20-11-16(19(25(27)28)12-21(20)30-2)22(26)24-9-7-14(8-10-24)17-13-23-18-6-4-3-5-15(17)18/h3-7,11-13,23H,8-10H2,1-2H3. The molecule has 0 unspecified atom stereocenters. The lowest BCUT2D eigenvalue weighted by atomic mass is 9.98. The van der Waals surface area contributed by atoms with Gasteiger partial charge in [-0.25, -0.2) is 0 Å². The van der Waals surface area contributed by atoms with Gasteiger partial charge in [0.1, 0.15) is 5.56 Å². The van der Waals surface area contributed by atoms with E-state index in [1.807, 2.05) is 30.5 Å². The van der Waals surface area contributed by atoms with Gasteiger partial charge in [-0.3, -0.25) is 14.9 Å². The van der Waals surface area contributed by atoms with E-state index in [0.717, 1.165) is 22.0 Å². The fourth-order valence-corrected chi connectivity index (χ4v) is 3.80. The summed E-state index contributed by atoms with van der Waals surface area (Å²) >= 11 is 0. The van der Waals surface area contributed by atoms with Crippen molar-refractivity contribution in [2.75, 3.05) is 27.3 Å². The van der Waals surface area contributed by atoms with Gasteiger partial charge in [-0.15, -0.1) is 0 Å². The second-order valence-electron chi connectivity index (χ2n) is 6.96. The van der Waals surface area contributed by atoms with Crippen LogP contribution in [0, 0.1) is 10.1 Å². The maximum Gasteiger partial charge on any atom is 0.286 e. The van der Waals surface area contributed by atoms with Crippen LogP contribution in [0.1, 0.15) is 22.3 Å². The SMILES string of the molecule is COc1cc(C(=O)N2CC=C(c3c[nH]c4ccccc34)CC2)c([N+](=O)[O-])cc1OC. The first-order valence-electron chi connectivity index (χ1n) is 9.48. The molecule has 1 aliphatic heterocycles. The molecule has 1 amide bonds. The molecule has 0 radical (unpaired) electrons. The molecule has 2 heterocycles. The topological polar surface area (TPSA) is 97.7 Å². The van der Waals surface area contributed by atoms with Crippen LogP contribution in [0.4, 0.5) is 5.69 Å². The normalized spacial score (nSPS) is 13.8. The predicted octanol–water partition coefficient (Wildman–Crippen LogP) is 4.02. The lowest BCUT2D eigenvalue weighted by molar-refractivity contribution is -0.385. The van der Waals surface area contributed by atoms with E-state index in [9.17, 15) is 14.9 Å². The minimum Gasteiger partial charge on any atom is -0.493 e. The molecule has 1 N–H and O–H groups in total. The van der Waals surface area contributed by atoms with Crippen LogP contribution in [0.15, 0.2) is 48.7 Å². The summed E-state index contributed by atoms with van der Waals surface area (Å²) in [5, 5.41) is 12.7. The number of nitrogens with zero attached hydrogens (tertiary/aromatic N) is 2. The summed E-state index contributed by atoms with van der Waals surface area (Å²) in [7, 11) is 2.82. The number of amides is 1. The Morgan fingerprint density at radius 1 is 1.17 bits per heavy atom. The van der Waals surface area contributed by atoms with Gasteiger partial charge in [0.15, 0.2) is 11.5 Å². The molecular weight excluding hydrogens is 386 g/mol. The highest BCUT2D eigenvalue weighted by Gasteiger charge is 2.29. The number of hydrogen-bond acceptors (Lipinski definition) is 5. The summed E-state index contributed by atoms with van der Waals surface area (Å²) in [6, 6.07) is 10.7. The van der Waals surface area contributed by atoms with E-state index in [4.69, 9.17) is 9.47 Å². The molecule has 0 bridgehead atoms.